The van der Waals surface area contributed by atoms with Gasteiger partial charge in [-0.25, -0.2) is 4.79 Å². The maximum absolute atomic E-state index is 12.8. The van der Waals surface area contributed by atoms with Gasteiger partial charge in [-0.1, -0.05) is 6.08 Å². The van der Waals surface area contributed by atoms with Crippen molar-refractivity contribution in [1.82, 2.24) is 4.90 Å². The molecule has 2 bridgehead atoms. The van der Waals surface area contributed by atoms with Gasteiger partial charge in [0.05, 0.1) is 43.4 Å². The lowest BCUT2D eigenvalue weighted by atomic mass is 9.93. The fourth-order valence-corrected chi connectivity index (χ4v) is 3.53. The van der Waals surface area contributed by atoms with Gasteiger partial charge >= 0.3 is 5.97 Å². The first kappa shape index (κ1) is 15.1. The molecule has 1 N–H and O–H groups in total. The Kier molecular flexibility index (Phi) is 4.20. The number of rotatable bonds is 4. The second kappa shape index (κ2) is 6.12. The molecule has 22 heavy (non-hydrogen) atoms. The van der Waals surface area contributed by atoms with E-state index in [0.717, 1.165) is 12.8 Å². The van der Waals surface area contributed by atoms with Crippen LogP contribution in [-0.2, 0) is 19.1 Å². The first-order valence-electron chi connectivity index (χ1n) is 7.79. The predicted molar refractivity (Wildman–Crippen MR) is 78.0 cm³/mol. The highest BCUT2D eigenvalue weighted by Gasteiger charge is 2.42. The van der Waals surface area contributed by atoms with Crippen LogP contribution in [0.1, 0.15) is 26.2 Å². The van der Waals surface area contributed by atoms with Crippen molar-refractivity contribution in [2.75, 3.05) is 19.8 Å². The Morgan fingerprint density at radius 2 is 2.05 bits per heavy atom. The van der Waals surface area contributed by atoms with Crippen molar-refractivity contribution >= 4 is 11.9 Å². The number of carboxylic acids is 1. The Morgan fingerprint density at radius 1 is 1.36 bits per heavy atom. The van der Waals surface area contributed by atoms with Crippen molar-refractivity contribution in [1.29, 1.82) is 0 Å². The monoisotopic (exact) mass is 307 g/mol. The zero-order valence-electron chi connectivity index (χ0n) is 12.7. The van der Waals surface area contributed by atoms with Crippen molar-refractivity contribution in [2.24, 2.45) is 5.92 Å². The summed E-state index contributed by atoms with van der Waals surface area (Å²) < 4.78 is 11.0. The fraction of sp³-hybridized carbons (Fsp3) is 0.625. The van der Waals surface area contributed by atoms with E-state index in [9.17, 15) is 14.7 Å². The van der Waals surface area contributed by atoms with Crippen LogP contribution >= 0.6 is 0 Å². The van der Waals surface area contributed by atoms with Crippen molar-refractivity contribution in [3.05, 3.63) is 23.5 Å². The summed E-state index contributed by atoms with van der Waals surface area (Å²) >= 11 is 0. The first-order valence-corrected chi connectivity index (χ1v) is 7.79. The van der Waals surface area contributed by atoms with Crippen LogP contribution < -0.4 is 0 Å². The largest absolute Gasteiger partial charge is 0.497 e. The SMILES string of the molecule is CCOC1=C(C(=O)O)C=CC(C(=O)N2C3CCC2COC3)C1. The Balaban J connectivity index is 1.76. The molecule has 0 aromatic rings. The lowest BCUT2D eigenvalue weighted by Gasteiger charge is -2.37. The molecule has 0 aromatic carbocycles. The van der Waals surface area contributed by atoms with Crippen LogP contribution in [0, 0.1) is 5.92 Å². The standard InChI is InChI=1S/C16H21NO5/c1-2-22-14-7-10(3-6-13(14)16(19)20)15(18)17-11-4-5-12(17)9-21-8-11/h3,6,10-12H,2,4-5,7-9H2,1H3,(H,19,20). The Hall–Kier alpha value is -1.82. The van der Waals surface area contributed by atoms with Gasteiger partial charge in [0.15, 0.2) is 0 Å². The quantitative estimate of drug-likeness (QED) is 0.848. The molecule has 2 saturated heterocycles. The first-order chi connectivity index (χ1) is 10.6. The number of ether oxygens (including phenoxy) is 2. The minimum atomic E-state index is -1.02. The number of nitrogens with zero attached hydrogens (tertiary/aromatic N) is 1. The number of aliphatic carboxylic acids is 1. The molecular formula is C16H21NO5. The summed E-state index contributed by atoms with van der Waals surface area (Å²) in [4.78, 5) is 26.0. The van der Waals surface area contributed by atoms with E-state index < -0.39 is 5.97 Å². The van der Waals surface area contributed by atoms with Gasteiger partial charge in [-0.05, 0) is 25.8 Å². The topological polar surface area (TPSA) is 76.1 Å². The average molecular weight is 307 g/mol. The van der Waals surface area contributed by atoms with E-state index in [-0.39, 0.29) is 29.5 Å². The maximum Gasteiger partial charge on any atom is 0.339 e. The van der Waals surface area contributed by atoms with Crippen molar-refractivity contribution in [2.45, 2.75) is 38.3 Å². The van der Waals surface area contributed by atoms with Crippen molar-refractivity contribution in [3.8, 4) is 0 Å². The van der Waals surface area contributed by atoms with Crippen LogP contribution in [0.2, 0.25) is 0 Å². The lowest BCUT2D eigenvalue weighted by Crippen LogP contribution is -2.51. The van der Waals surface area contributed by atoms with Crippen LogP contribution in [-0.4, -0.2) is 53.8 Å². The third kappa shape index (κ3) is 2.63. The third-order valence-corrected chi connectivity index (χ3v) is 4.56. The summed E-state index contributed by atoms with van der Waals surface area (Å²) in [5.41, 5.74) is 0.149. The van der Waals surface area contributed by atoms with Gasteiger partial charge in [0, 0.05) is 6.42 Å². The van der Waals surface area contributed by atoms with E-state index >= 15 is 0 Å². The van der Waals surface area contributed by atoms with Crippen LogP contribution in [0.15, 0.2) is 23.5 Å². The second-order valence-electron chi connectivity index (χ2n) is 5.91. The lowest BCUT2D eigenvalue weighted by molar-refractivity contribution is -0.144. The van der Waals surface area contributed by atoms with Gasteiger partial charge in [0.25, 0.3) is 0 Å². The van der Waals surface area contributed by atoms with Gasteiger partial charge < -0.3 is 19.5 Å². The highest BCUT2D eigenvalue weighted by atomic mass is 16.5. The summed E-state index contributed by atoms with van der Waals surface area (Å²) in [5.74, 6) is -0.895. The summed E-state index contributed by atoms with van der Waals surface area (Å²) in [7, 11) is 0. The molecule has 0 aromatic heterocycles. The number of morpholine rings is 1. The van der Waals surface area contributed by atoms with E-state index in [1.807, 2.05) is 11.8 Å². The molecule has 1 amide bonds. The number of hydrogen-bond donors (Lipinski definition) is 1. The smallest absolute Gasteiger partial charge is 0.339 e. The van der Waals surface area contributed by atoms with E-state index in [4.69, 9.17) is 9.47 Å². The van der Waals surface area contributed by atoms with Crippen LogP contribution in [0.3, 0.4) is 0 Å². The Morgan fingerprint density at radius 3 is 2.64 bits per heavy atom. The zero-order chi connectivity index (χ0) is 15.7. The molecule has 0 spiro atoms. The van der Waals surface area contributed by atoms with Gasteiger partial charge in [-0.2, -0.15) is 0 Å². The summed E-state index contributed by atoms with van der Waals surface area (Å²) in [6, 6.07) is 0.333. The van der Waals surface area contributed by atoms with E-state index in [2.05, 4.69) is 0 Å². The van der Waals surface area contributed by atoms with Crippen LogP contribution in [0.5, 0.6) is 0 Å². The molecule has 2 fully saturated rings. The molecule has 2 heterocycles. The van der Waals surface area contributed by atoms with Crippen LogP contribution in [0.4, 0.5) is 0 Å². The molecule has 6 nitrogen and oxygen atoms in total. The number of fused-ring (bicyclic) bond motifs is 2. The number of carbonyl (C=O) groups is 2. The Bertz CT molecular complexity index is 523. The molecule has 6 heteroatoms. The van der Waals surface area contributed by atoms with E-state index in [1.54, 1.807) is 6.08 Å². The predicted octanol–water partition coefficient (Wildman–Crippen LogP) is 1.33. The molecule has 3 aliphatic rings. The van der Waals surface area contributed by atoms with Gasteiger partial charge in [-0.15, -0.1) is 0 Å². The van der Waals surface area contributed by atoms with Gasteiger partial charge in [0.2, 0.25) is 5.91 Å². The molecule has 0 radical (unpaired) electrons. The normalized spacial score (nSPS) is 30.6. The third-order valence-electron chi connectivity index (χ3n) is 4.56. The summed E-state index contributed by atoms with van der Waals surface area (Å²) in [6.45, 7) is 3.41. The minimum Gasteiger partial charge on any atom is -0.497 e. The summed E-state index contributed by atoms with van der Waals surface area (Å²) in [6.07, 6.45) is 5.50. The molecule has 0 saturated carbocycles. The molecule has 3 unspecified atom stereocenters. The van der Waals surface area contributed by atoms with Crippen molar-refractivity contribution < 1.29 is 24.2 Å². The summed E-state index contributed by atoms with van der Waals surface area (Å²) in [5, 5.41) is 9.20. The van der Waals surface area contributed by atoms with Gasteiger partial charge in [-0.3, -0.25) is 4.79 Å². The number of carboxylic acid groups (broad SMARTS) is 1. The van der Waals surface area contributed by atoms with Gasteiger partial charge in [0.1, 0.15) is 5.76 Å². The number of amides is 1. The van der Waals surface area contributed by atoms with Crippen LogP contribution in [0.25, 0.3) is 0 Å². The number of allylic oxidation sites excluding steroid dienone is 1. The molecule has 3 rings (SSSR count). The zero-order valence-corrected chi connectivity index (χ0v) is 12.7. The highest BCUT2D eigenvalue weighted by Crippen LogP contribution is 2.33. The highest BCUT2D eigenvalue weighted by molar-refractivity contribution is 5.92. The van der Waals surface area contributed by atoms with E-state index in [0.29, 0.717) is 32.0 Å². The van der Waals surface area contributed by atoms with E-state index in [1.165, 1.54) is 6.08 Å². The average Bonchev–Trinajstić information content (AvgIpc) is 2.75. The number of hydrogen-bond acceptors (Lipinski definition) is 4. The maximum atomic E-state index is 12.8. The molecule has 2 aliphatic heterocycles. The number of carbonyl (C=O) groups excluding carboxylic acids is 1. The van der Waals surface area contributed by atoms with Crippen molar-refractivity contribution in [3.63, 3.8) is 0 Å². The molecule has 3 atom stereocenters. The second-order valence-corrected chi connectivity index (χ2v) is 5.91. The Labute approximate surface area is 129 Å². The molecule has 1 aliphatic carbocycles. The molecular weight excluding hydrogens is 286 g/mol. The fourth-order valence-electron chi connectivity index (χ4n) is 3.53. The molecule has 120 valence electrons. The minimum absolute atomic E-state index is 0.0636.